The van der Waals surface area contributed by atoms with Crippen molar-refractivity contribution in [1.29, 1.82) is 0 Å². The molecule has 0 aliphatic heterocycles. The van der Waals surface area contributed by atoms with Gasteiger partial charge >= 0.3 is 5.97 Å². The average Bonchev–Trinajstić information content (AvgIpc) is 2.38. The van der Waals surface area contributed by atoms with Crippen LogP contribution in [0.1, 0.15) is 55.8 Å². The van der Waals surface area contributed by atoms with Gasteiger partial charge in [-0.15, -0.1) is 0 Å². The van der Waals surface area contributed by atoms with E-state index < -0.39 is 0 Å². The minimum Gasteiger partial charge on any atom is -0.462 e. The first-order valence-corrected chi connectivity index (χ1v) is 6.48. The Morgan fingerprint density at radius 2 is 2.00 bits per heavy atom. The van der Waals surface area contributed by atoms with E-state index in [2.05, 4.69) is 13.0 Å². The summed E-state index contributed by atoms with van der Waals surface area (Å²) in [5.41, 5.74) is 0.582. The first-order chi connectivity index (χ1) is 8.34. The second-order valence-corrected chi connectivity index (χ2v) is 4.20. The van der Waals surface area contributed by atoms with Crippen LogP contribution in [0.15, 0.2) is 24.3 Å². The first kappa shape index (κ1) is 13.8. The van der Waals surface area contributed by atoms with Crippen molar-refractivity contribution < 1.29 is 9.53 Å². The van der Waals surface area contributed by atoms with Gasteiger partial charge in [0.25, 0.3) is 0 Å². The standard InChI is InChI=1S/C15H21O2/c1-2-3-4-5-6-10-13-17-15(16)14-11-8-7-9-12-14/h7-8,11-12H,2-6,10,13H2,1H3. The summed E-state index contributed by atoms with van der Waals surface area (Å²) in [4.78, 5) is 11.5. The lowest BCUT2D eigenvalue weighted by molar-refractivity contribution is 0.0497. The van der Waals surface area contributed by atoms with Gasteiger partial charge in [0.2, 0.25) is 0 Å². The highest BCUT2D eigenvalue weighted by Crippen LogP contribution is 2.06. The number of ether oxygens (including phenoxy) is 1. The molecule has 1 aromatic rings. The molecule has 2 heteroatoms. The molecule has 0 unspecified atom stereocenters. The first-order valence-electron chi connectivity index (χ1n) is 6.48. The average molecular weight is 233 g/mol. The molecule has 0 atom stereocenters. The van der Waals surface area contributed by atoms with Crippen LogP contribution in [0.2, 0.25) is 0 Å². The summed E-state index contributed by atoms with van der Waals surface area (Å²) in [6.45, 7) is 2.73. The van der Waals surface area contributed by atoms with Crippen molar-refractivity contribution in [2.75, 3.05) is 6.61 Å². The Balaban J connectivity index is 2.05. The zero-order chi connectivity index (χ0) is 12.3. The number of rotatable bonds is 8. The van der Waals surface area contributed by atoms with Crippen molar-refractivity contribution in [3.63, 3.8) is 0 Å². The third kappa shape index (κ3) is 6.10. The van der Waals surface area contributed by atoms with Gasteiger partial charge in [0.1, 0.15) is 0 Å². The molecule has 1 radical (unpaired) electrons. The van der Waals surface area contributed by atoms with Crippen molar-refractivity contribution in [1.82, 2.24) is 0 Å². The van der Waals surface area contributed by atoms with E-state index in [0.717, 1.165) is 12.8 Å². The largest absolute Gasteiger partial charge is 0.462 e. The smallest absolute Gasteiger partial charge is 0.338 e. The summed E-state index contributed by atoms with van der Waals surface area (Å²) in [6, 6.07) is 9.83. The Morgan fingerprint density at radius 3 is 2.71 bits per heavy atom. The monoisotopic (exact) mass is 233 g/mol. The number of carbonyl (C=O) groups is 1. The fourth-order valence-corrected chi connectivity index (χ4v) is 1.65. The second kappa shape index (κ2) is 8.80. The molecular formula is C15H21O2. The molecule has 0 bridgehead atoms. The van der Waals surface area contributed by atoms with Gasteiger partial charge in [-0.3, -0.25) is 0 Å². The molecule has 17 heavy (non-hydrogen) atoms. The van der Waals surface area contributed by atoms with Gasteiger partial charge in [0.05, 0.1) is 12.2 Å². The summed E-state index contributed by atoms with van der Waals surface area (Å²) >= 11 is 0. The van der Waals surface area contributed by atoms with E-state index in [4.69, 9.17) is 4.74 Å². The topological polar surface area (TPSA) is 26.3 Å². The zero-order valence-corrected chi connectivity index (χ0v) is 10.6. The van der Waals surface area contributed by atoms with E-state index in [1.54, 1.807) is 24.3 Å². The quantitative estimate of drug-likeness (QED) is 0.501. The predicted octanol–water partition coefficient (Wildman–Crippen LogP) is 4.00. The molecule has 0 N–H and O–H groups in total. The zero-order valence-electron chi connectivity index (χ0n) is 10.6. The van der Waals surface area contributed by atoms with Crippen molar-refractivity contribution in [2.45, 2.75) is 45.4 Å². The molecule has 1 rings (SSSR count). The molecule has 0 saturated carbocycles. The van der Waals surface area contributed by atoms with E-state index in [1.807, 2.05) is 0 Å². The molecule has 0 amide bonds. The normalized spacial score (nSPS) is 10.2. The van der Waals surface area contributed by atoms with Gasteiger partial charge in [0.15, 0.2) is 0 Å². The predicted molar refractivity (Wildman–Crippen MR) is 68.9 cm³/mol. The number of esters is 1. The summed E-state index contributed by atoms with van der Waals surface area (Å²) in [5.74, 6) is -0.240. The molecule has 1 aromatic carbocycles. The van der Waals surface area contributed by atoms with Crippen LogP contribution in [0.4, 0.5) is 0 Å². The van der Waals surface area contributed by atoms with Crippen LogP contribution < -0.4 is 0 Å². The van der Waals surface area contributed by atoms with E-state index >= 15 is 0 Å². The van der Waals surface area contributed by atoms with E-state index in [0.29, 0.717) is 12.2 Å². The maximum Gasteiger partial charge on any atom is 0.338 e. The van der Waals surface area contributed by atoms with Gasteiger partial charge in [0, 0.05) is 0 Å². The Hall–Kier alpha value is -1.31. The van der Waals surface area contributed by atoms with Gasteiger partial charge < -0.3 is 4.74 Å². The number of carbonyl (C=O) groups excluding carboxylic acids is 1. The van der Waals surface area contributed by atoms with Gasteiger partial charge in [-0.1, -0.05) is 51.2 Å². The molecule has 93 valence electrons. The fraction of sp³-hybridized carbons (Fsp3) is 0.533. The highest BCUT2D eigenvalue weighted by molar-refractivity contribution is 5.89. The van der Waals surface area contributed by atoms with E-state index in [1.165, 1.54) is 25.7 Å². The van der Waals surface area contributed by atoms with Crippen LogP contribution in [-0.2, 0) is 4.74 Å². The van der Waals surface area contributed by atoms with Crippen LogP contribution in [-0.4, -0.2) is 12.6 Å². The third-order valence-corrected chi connectivity index (χ3v) is 2.67. The third-order valence-electron chi connectivity index (χ3n) is 2.67. The summed E-state index contributed by atoms with van der Waals surface area (Å²) in [6.07, 6.45) is 7.21. The number of unbranched alkanes of at least 4 members (excludes halogenated alkanes) is 5. The minimum absolute atomic E-state index is 0.240. The van der Waals surface area contributed by atoms with Crippen molar-refractivity contribution in [3.8, 4) is 0 Å². The Kier molecular flexibility index (Phi) is 7.12. The number of hydrogen-bond acceptors (Lipinski definition) is 2. The lowest BCUT2D eigenvalue weighted by atomic mass is 10.1. The highest BCUT2D eigenvalue weighted by Gasteiger charge is 2.04. The van der Waals surface area contributed by atoms with Crippen molar-refractivity contribution >= 4 is 5.97 Å². The lowest BCUT2D eigenvalue weighted by Crippen LogP contribution is -2.06. The molecule has 0 saturated heterocycles. The summed E-state index contributed by atoms with van der Waals surface area (Å²) in [7, 11) is 0. The van der Waals surface area contributed by atoms with Gasteiger partial charge in [-0.25, -0.2) is 4.79 Å². The van der Waals surface area contributed by atoms with Crippen molar-refractivity contribution in [2.24, 2.45) is 0 Å². The fourth-order valence-electron chi connectivity index (χ4n) is 1.65. The molecule has 0 spiro atoms. The Labute approximate surface area is 104 Å². The summed E-state index contributed by atoms with van der Waals surface area (Å²) in [5, 5.41) is 0. The maximum absolute atomic E-state index is 11.5. The van der Waals surface area contributed by atoms with Gasteiger partial charge in [-0.05, 0) is 24.6 Å². The molecule has 0 aliphatic carbocycles. The Bertz CT molecular complexity index is 306. The van der Waals surface area contributed by atoms with Gasteiger partial charge in [-0.2, -0.15) is 0 Å². The molecule has 0 fully saturated rings. The van der Waals surface area contributed by atoms with E-state index in [9.17, 15) is 4.79 Å². The molecular weight excluding hydrogens is 212 g/mol. The molecule has 0 aliphatic rings. The lowest BCUT2D eigenvalue weighted by Gasteiger charge is -2.04. The van der Waals surface area contributed by atoms with Crippen LogP contribution in [0.3, 0.4) is 0 Å². The highest BCUT2D eigenvalue weighted by atomic mass is 16.5. The molecule has 0 heterocycles. The SMILES string of the molecule is CCCCCCCCOC(=O)c1c[c]ccc1. The summed E-state index contributed by atoms with van der Waals surface area (Å²) < 4.78 is 5.18. The van der Waals surface area contributed by atoms with E-state index in [-0.39, 0.29) is 5.97 Å². The number of hydrogen-bond donors (Lipinski definition) is 0. The van der Waals surface area contributed by atoms with Crippen LogP contribution in [0, 0.1) is 6.07 Å². The minimum atomic E-state index is -0.240. The molecule has 2 nitrogen and oxygen atoms in total. The van der Waals surface area contributed by atoms with Crippen LogP contribution >= 0.6 is 0 Å². The van der Waals surface area contributed by atoms with Crippen LogP contribution in [0.25, 0.3) is 0 Å². The van der Waals surface area contributed by atoms with Crippen molar-refractivity contribution in [3.05, 3.63) is 35.9 Å². The maximum atomic E-state index is 11.5. The van der Waals surface area contributed by atoms with Crippen LogP contribution in [0.5, 0.6) is 0 Å². The second-order valence-electron chi connectivity index (χ2n) is 4.20. The number of benzene rings is 1. The molecule has 0 aromatic heterocycles. The Morgan fingerprint density at radius 1 is 1.24 bits per heavy atom.